The Balaban J connectivity index is 2.30. The Morgan fingerprint density at radius 1 is 1.57 bits per heavy atom. The summed E-state index contributed by atoms with van der Waals surface area (Å²) in [5, 5.41) is 18.9. The zero-order valence-corrected chi connectivity index (χ0v) is 12.1. The van der Waals surface area contributed by atoms with Crippen molar-refractivity contribution in [3.05, 3.63) is 12.0 Å². The monoisotopic (exact) mass is 299 g/mol. The number of fused-ring (bicyclic) bond motifs is 1. The smallest absolute Gasteiger partial charge is 0.277 e. The molecular weight excluding hydrogens is 278 g/mol. The number of carbonyl (C=O) groups excluding carboxylic acids is 1. The molecule has 1 amide bonds. The number of hydrogen-bond donors (Lipinski definition) is 3. The predicted octanol–water partition coefficient (Wildman–Crippen LogP) is -1.38. The highest BCUT2D eigenvalue weighted by Crippen LogP contribution is 2.29. The molecule has 0 aromatic carbocycles. The number of aliphatic hydroxyl groups is 2. The number of rotatable bonds is 6. The maximum Gasteiger partial charge on any atom is 0.277 e. The molecule has 0 saturated heterocycles. The van der Waals surface area contributed by atoms with Crippen molar-refractivity contribution < 1.29 is 19.7 Å². The SMILES string of the molecule is CCN1C(=O)c2c(ncn2C)N(C(O)OCCCO)C1N. The van der Waals surface area contributed by atoms with E-state index in [2.05, 4.69) is 4.98 Å². The first kappa shape index (κ1) is 15.7. The predicted molar refractivity (Wildman–Crippen MR) is 74.0 cm³/mol. The Bertz CT molecular complexity index is 506. The number of hydrogen-bond acceptors (Lipinski definition) is 7. The van der Waals surface area contributed by atoms with Crippen LogP contribution in [0.25, 0.3) is 0 Å². The lowest BCUT2D eigenvalue weighted by atomic mass is 10.2. The van der Waals surface area contributed by atoms with E-state index in [1.165, 1.54) is 16.1 Å². The second-order valence-electron chi connectivity index (χ2n) is 4.71. The lowest BCUT2D eigenvalue weighted by molar-refractivity contribution is -0.112. The fourth-order valence-electron chi connectivity index (χ4n) is 2.28. The molecule has 9 heteroatoms. The van der Waals surface area contributed by atoms with Crippen LogP contribution in [0.5, 0.6) is 0 Å². The van der Waals surface area contributed by atoms with E-state index in [1.807, 2.05) is 0 Å². The van der Waals surface area contributed by atoms with Crippen molar-refractivity contribution in [1.29, 1.82) is 0 Å². The highest BCUT2D eigenvalue weighted by molar-refractivity contribution is 5.99. The van der Waals surface area contributed by atoms with Crippen LogP contribution in [0.1, 0.15) is 23.8 Å². The maximum atomic E-state index is 12.4. The molecule has 0 radical (unpaired) electrons. The zero-order valence-electron chi connectivity index (χ0n) is 12.1. The summed E-state index contributed by atoms with van der Waals surface area (Å²) in [7, 11) is 1.70. The number of nitrogens with two attached hydrogens (primary N) is 1. The van der Waals surface area contributed by atoms with Gasteiger partial charge in [0.2, 0.25) is 6.41 Å². The van der Waals surface area contributed by atoms with Gasteiger partial charge in [0.15, 0.2) is 17.8 Å². The van der Waals surface area contributed by atoms with Gasteiger partial charge >= 0.3 is 0 Å². The molecule has 21 heavy (non-hydrogen) atoms. The lowest BCUT2D eigenvalue weighted by Crippen LogP contribution is -2.63. The number of nitrogens with zero attached hydrogens (tertiary/aromatic N) is 4. The Kier molecular flexibility index (Phi) is 4.78. The number of aliphatic hydroxyl groups excluding tert-OH is 2. The third kappa shape index (κ3) is 2.72. The molecule has 2 rings (SSSR count). The van der Waals surface area contributed by atoms with Gasteiger partial charge in [-0.2, -0.15) is 0 Å². The van der Waals surface area contributed by atoms with E-state index in [1.54, 1.807) is 18.5 Å². The van der Waals surface area contributed by atoms with E-state index in [-0.39, 0.29) is 24.9 Å². The van der Waals surface area contributed by atoms with Crippen molar-refractivity contribution in [1.82, 2.24) is 14.5 Å². The second-order valence-corrected chi connectivity index (χ2v) is 4.71. The molecule has 0 fully saturated rings. The van der Waals surface area contributed by atoms with Gasteiger partial charge in [0, 0.05) is 20.2 Å². The minimum Gasteiger partial charge on any atom is -0.396 e. The van der Waals surface area contributed by atoms with Crippen LogP contribution in [0, 0.1) is 0 Å². The van der Waals surface area contributed by atoms with Gasteiger partial charge < -0.3 is 24.4 Å². The number of carbonyl (C=O) groups is 1. The first-order chi connectivity index (χ1) is 10.0. The number of anilines is 1. The standard InChI is InChI=1S/C12H21N5O4/c1-3-16-10(19)8-9(14-7-15(8)2)17(11(16)13)12(20)21-6-4-5-18/h7,11-12,18,20H,3-6,13H2,1-2H3. The van der Waals surface area contributed by atoms with Crippen molar-refractivity contribution >= 4 is 11.7 Å². The van der Waals surface area contributed by atoms with Gasteiger partial charge in [-0.1, -0.05) is 0 Å². The van der Waals surface area contributed by atoms with E-state index in [0.717, 1.165) is 0 Å². The topological polar surface area (TPSA) is 117 Å². The molecule has 0 bridgehead atoms. The van der Waals surface area contributed by atoms with Gasteiger partial charge in [0.25, 0.3) is 5.91 Å². The van der Waals surface area contributed by atoms with Crippen LogP contribution in [-0.2, 0) is 11.8 Å². The molecule has 1 aromatic rings. The van der Waals surface area contributed by atoms with E-state index >= 15 is 0 Å². The molecule has 2 heterocycles. The fraction of sp³-hybridized carbons (Fsp3) is 0.667. The largest absolute Gasteiger partial charge is 0.396 e. The molecule has 0 saturated carbocycles. The summed E-state index contributed by atoms with van der Waals surface area (Å²) in [5.41, 5.74) is 6.40. The average molecular weight is 299 g/mol. The van der Waals surface area contributed by atoms with Crippen molar-refractivity contribution in [2.45, 2.75) is 26.0 Å². The third-order valence-corrected chi connectivity index (χ3v) is 3.38. The van der Waals surface area contributed by atoms with Gasteiger partial charge in [-0.05, 0) is 13.3 Å². The highest BCUT2D eigenvalue weighted by atomic mass is 16.6. The van der Waals surface area contributed by atoms with Gasteiger partial charge in [-0.25, -0.2) is 4.98 Å². The van der Waals surface area contributed by atoms with Crippen LogP contribution >= 0.6 is 0 Å². The second kappa shape index (κ2) is 6.39. The highest BCUT2D eigenvalue weighted by Gasteiger charge is 2.41. The van der Waals surface area contributed by atoms with Crippen LogP contribution in [0.15, 0.2) is 6.33 Å². The van der Waals surface area contributed by atoms with Crippen LogP contribution in [0.2, 0.25) is 0 Å². The van der Waals surface area contributed by atoms with Gasteiger partial charge in [-0.15, -0.1) is 0 Å². The van der Waals surface area contributed by atoms with Crippen LogP contribution in [0.3, 0.4) is 0 Å². The first-order valence-electron chi connectivity index (χ1n) is 6.79. The zero-order chi connectivity index (χ0) is 15.6. The molecule has 1 aliphatic rings. The number of aryl methyl sites for hydroxylation is 1. The molecule has 0 aliphatic carbocycles. The van der Waals surface area contributed by atoms with Gasteiger partial charge in [0.1, 0.15) is 0 Å². The summed E-state index contributed by atoms with van der Waals surface area (Å²) in [6.07, 6.45) is -0.329. The summed E-state index contributed by atoms with van der Waals surface area (Å²) in [4.78, 5) is 19.3. The molecule has 9 nitrogen and oxygen atoms in total. The molecule has 1 aliphatic heterocycles. The molecule has 4 N–H and O–H groups in total. The fourth-order valence-corrected chi connectivity index (χ4v) is 2.28. The third-order valence-electron chi connectivity index (χ3n) is 3.38. The van der Waals surface area contributed by atoms with Crippen LogP contribution < -0.4 is 10.6 Å². The molecular formula is C12H21N5O4. The molecule has 118 valence electrons. The Labute approximate surface area is 122 Å². The normalized spacial score (nSPS) is 19.9. The average Bonchev–Trinajstić information content (AvgIpc) is 2.82. The number of imidazole rings is 1. The Hall–Kier alpha value is -1.68. The molecule has 0 spiro atoms. The molecule has 2 unspecified atom stereocenters. The van der Waals surface area contributed by atoms with E-state index in [4.69, 9.17) is 15.6 Å². The number of ether oxygens (including phenoxy) is 1. The summed E-state index contributed by atoms with van der Waals surface area (Å²) in [6.45, 7) is 2.33. The van der Waals surface area contributed by atoms with E-state index < -0.39 is 12.7 Å². The van der Waals surface area contributed by atoms with Gasteiger partial charge in [0.05, 0.1) is 12.9 Å². The minimum absolute atomic E-state index is 0.0345. The van der Waals surface area contributed by atoms with E-state index in [9.17, 15) is 9.90 Å². The minimum atomic E-state index is -1.35. The maximum absolute atomic E-state index is 12.4. The number of aromatic nitrogens is 2. The first-order valence-corrected chi connectivity index (χ1v) is 6.79. The number of amides is 1. The summed E-state index contributed by atoms with van der Waals surface area (Å²) in [5.74, 6) is 0.0509. The Morgan fingerprint density at radius 3 is 2.90 bits per heavy atom. The summed E-state index contributed by atoms with van der Waals surface area (Å²) < 4.78 is 6.82. The quantitative estimate of drug-likeness (QED) is 0.438. The Morgan fingerprint density at radius 2 is 2.29 bits per heavy atom. The van der Waals surface area contributed by atoms with E-state index in [0.29, 0.717) is 18.7 Å². The van der Waals surface area contributed by atoms with Crippen LogP contribution in [-0.4, -0.2) is 63.0 Å². The molecule has 2 atom stereocenters. The van der Waals surface area contributed by atoms with Crippen molar-refractivity contribution in [2.75, 3.05) is 24.7 Å². The van der Waals surface area contributed by atoms with Crippen molar-refractivity contribution in [3.8, 4) is 0 Å². The summed E-state index contributed by atoms with van der Waals surface area (Å²) in [6, 6.07) is 0. The lowest BCUT2D eigenvalue weighted by Gasteiger charge is -2.42. The molecule has 1 aromatic heterocycles. The van der Waals surface area contributed by atoms with Gasteiger partial charge in [-0.3, -0.25) is 15.4 Å². The summed E-state index contributed by atoms with van der Waals surface area (Å²) >= 11 is 0. The van der Waals surface area contributed by atoms with Crippen molar-refractivity contribution in [2.24, 2.45) is 12.8 Å². The van der Waals surface area contributed by atoms with Crippen molar-refractivity contribution in [3.63, 3.8) is 0 Å². The van der Waals surface area contributed by atoms with Crippen LogP contribution in [0.4, 0.5) is 5.82 Å².